The van der Waals surface area contributed by atoms with Crippen LogP contribution in [0.3, 0.4) is 0 Å². The number of para-hydroxylation sites is 3. The molecule has 2 nitrogen and oxygen atoms in total. The molecule has 5 aromatic carbocycles. The fourth-order valence-corrected chi connectivity index (χ4v) is 10.1. The van der Waals surface area contributed by atoms with E-state index in [0.29, 0.717) is 0 Å². The van der Waals surface area contributed by atoms with Crippen LogP contribution in [0.2, 0.25) is 0 Å². The maximum atomic E-state index is 2.81. The SMILES string of the molecule is CC12CCCCCC1(C)N1c3cccc4c3B(c3ccc(N(c5ccccc5)c5ccccc5)cc3S4)c3cccc2c31. The standard InChI is InChI=1S/C39H35BN2S/c1-38-24-10-5-11-25-39(38,2)42-33-20-13-21-34-36(33)40(32-19-12-18-30(38)37(32)42)31-23-22-29(26-35(31)43-34)41(27-14-6-3-7-15-27)28-16-8-4-9-17-28/h3-4,6-9,12-23,26H,5,10-11,24-25H2,1-2H3. The zero-order chi connectivity index (χ0) is 28.8. The molecule has 4 heteroatoms. The smallest absolute Gasteiger partial charge is 0.249 e. The molecule has 1 saturated carbocycles. The summed E-state index contributed by atoms with van der Waals surface area (Å²) in [4.78, 5) is 7.95. The van der Waals surface area contributed by atoms with E-state index < -0.39 is 0 Å². The van der Waals surface area contributed by atoms with E-state index in [1.165, 1.54) is 86.7 Å². The van der Waals surface area contributed by atoms with Gasteiger partial charge in [0.15, 0.2) is 0 Å². The second-order valence-electron chi connectivity index (χ2n) is 13.2. The van der Waals surface area contributed by atoms with Crippen LogP contribution in [0.5, 0.6) is 0 Å². The highest BCUT2D eigenvalue weighted by atomic mass is 32.2. The molecule has 0 aromatic heterocycles. The summed E-state index contributed by atoms with van der Waals surface area (Å²) < 4.78 is 0. The Balaban J connectivity index is 1.25. The van der Waals surface area contributed by atoms with E-state index in [-0.39, 0.29) is 17.7 Å². The van der Waals surface area contributed by atoms with Gasteiger partial charge in [-0.15, -0.1) is 0 Å². The molecule has 0 N–H and O–H groups in total. The first-order valence-corrected chi connectivity index (χ1v) is 16.7. The lowest BCUT2D eigenvalue weighted by molar-refractivity contribution is 0.261. The fraction of sp³-hybridized carbons (Fsp3) is 0.231. The van der Waals surface area contributed by atoms with Gasteiger partial charge in [-0.2, -0.15) is 0 Å². The molecule has 2 unspecified atom stereocenters. The van der Waals surface area contributed by atoms with E-state index in [4.69, 9.17) is 0 Å². The highest BCUT2D eigenvalue weighted by Crippen LogP contribution is 2.60. The Bertz CT molecular complexity index is 1850. The Labute approximate surface area is 259 Å². The van der Waals surface area contributed by atoms with Gasteiger partial charge in [0.25, 0.3) is 0 Å². The van der Waals surface area contributed by atoms with E-state index >= 15 is 0 Å². The maximum absolute atomic E-state index is 2.81. The van der Waals surface area contributed by atoms with Gasteiger partial charge in [-0.25, -0.2) is 0 Å². The van der Waals surface area contributed by atoms with Crippen molar-refractivity contribution >= 4 is 63.3 Å². The zero-order valence-corrected chi connectivity index (χ0v) is 25.7. The summed E-state index contributed by atoms with van der Waals surface area (Å²) in [6.07, 6.45) is 6.48. The number of hydrogen-bond acceptors (Lipinski definition) is 3. The van der Waals surface area contributed by atoms with Gasteiger partial charge in [-0.05, 0) is 84.8 Å². The number of fused-ring (bicyclic) bond motifs is 7. The van der Waals surface area contributed by atoms with Crippen LogP contribution in [0.25, 0.3) is 0 Å². The van der Waals surface area contributed by atoms with Crippen LogP contribution in [-0.4, -0.2) is 12.3 Å². The minimum absolute atomic E-state index is 0.0860. The number of hydrogen-bond donors (Lipinski definition) is 0. The average molecular weight is 575 g/mol. The third-order valence-electron chi connectivity index (χ3n) is 11.1. The Kier molecular flexibility index (Phi) is 5.54. The zero-order valence-electron chi connectivity index (χ0n) is 24.9. The predicted octanol–water partition coefficient (Wildman–Crippen LogP) is 8.58. The summed E-state index contributed by atoms with van der Waals surface area (Å²) in [6, 6.07) is 43.0. The van der Waals surface area contributed by atoms with Crippen molar-refractivity contribution in [1.29, 1.82) is 0 Å². The van der Waals surface area contributed by atoms with Crippen molar-refractivity contribution in [3.8, 4) is 0 Å². The minimum atomic E-state index is 0.0860. The highest BCUT2D eigenvalue weighted by molar-refractivity contribution is 8.00. The number of nitrogens with zero attached hydrogens (tertiary/aromatic N) is 2. The molecule has 3 aliphatic heterocycles. The Morgan fingerprint density at radius 2 is 1.37 bits per heavy atom. The van der Waals surface area contributed by atoms with Crippen molar-refractivity contribution in [2.75, 3.05) is 9.80 Å². The topological polar surface area (TPSA) is 6.48 Å². The molecule has 0 bridgehead atoms. The summed E-state index contributed by atoms with van der Waals surface area (Å²) in [5, 5.41) is 0. The van der Waals surface area contributed by atoms with Crippen LogP contribution < -0.4 is 26.2 Å². The van der Waals surface area contributed by atoms with Gasteiger partial charge >= 0.3 is 0 Å². The molecule has 210 valence electrons. The fourth-order valence-electron chi connectivity index (χ4n) is 8.87. The molecule has 4 aliphatic rings. The van der Waals surface area contributed by atoms with E-state index in [1.807, 2.05) is 11.8 Å². The lowest BCUT2D eigenvalue weighted by atomic mass is 9.35. The van der Waals surface area contributed by atoms with Crippen LogP contribution in [0.1, 0.15) is 51.5 Å². The second kappa shape index (κ2) is 9.31. The van der Waals surface area contributed by atoms with Gasteiger partial charge in [0.2, 0.25) is 6.71 Å². The van der Waals surface area contributed by atoms with Crippen LogP contribution in [-0.2, 0) is 5.41 Å². The van der Waals surface area contributed by atoms with Gasteiger partial charge in [-0.1, -0.05) is 110 Å². The molecule has 0 amide bonds. The quantitative estimate of drug-likeness (QED) is 0.196. The van der Waals surface area contributed by atoms with Gasteiger partial charge < -0.3 is 9.80 Å². The van der Waals surface area contributed by atoms with Gasteiger partial charge in [0.05, 0.1) is 5.54 Å². The summed E-state index contributed by atoms with van der Waals surface area (Å²) in [5.41, 5.74) is 12.7. The lowest BCUT2D eigenvalue weighted by Gasteiger charge is -2.49. The van der Waals surface area contributed by atoms with E-state index in [9.17, 15) is 0 Å². The lowest BCUT2D eigenvalue weighted by Crippen LogP contribution is -2.63. The Morgan fingerprint density at radius 1 is 0.651 bits per heavy atom. The maximum Gasteiger partial charge on any atom is 0.249 e. The molecule has 3 heterocycles. The molecule has 43 heavy (non-hydrogen) atoms. The van der Waals surface area contributed by atoms with Crippen molar-refractivity contribution in [3.05, 3.63) is 121 Å². The van der Waals surface area contributed by atoms with Crippen LogP contribution >= 0.6 is 11.8 Å². The molecule has 1 aliphatic carbocycles. The molecule has 5 aromatic rings. The molecule has 0 saturated heterocycles. The first kappa shape index (κ1) is 25.6. The third-order valence-corrected chi connectivity index (χ3v) is 12.3. The van der Waals surface area contributed by atoms with E-state index in [1.54, 1.807) is 5.56 Å². The highest BCUT2D eigenvalue weighted by Gasteiger charge is 2.60. The number of rotatable bonds is 3. The van der Waals surface area contributed by atoms with E-state index in [0.717, 1.165) is 0 Å². The van der Waals surface area contributed by atoms with Crippen molar-refractivity contribution in [2.24, 2.45) is 0 Å². The van der Waals surface area contributed by atoms with Crippen LogP contribution in [0, 0.1) is 0 Å². The van der Waals surface area contributed by atoms with Crippen LogP contribution in [0.15, 0.2) is 125 Å². The van der Waals surface area contributed by atoms with Gasteiger partial charge in [0, 0.05) is 43.6 Å². The van der Waals surface area contributed by atoms with Crippen molar-refractivity contribution in [2.45, 2.75) is 66.7 Å². The largest absolute Gasteiger partial charge is 0.335 e. The Hall–Kier alpha value is -3.89. The Morgan fingerprint density at radius 3 is 2.14 bits per heavy atom. The molecule has 9 rings (SSSR count). The van der Waals surface area contributed by atoms with Crippen molar-refractivity contribution < 1.29 is 0 Å². The normalized spacial score (nSPS) is 22.7. The first-order valence-electron chi connectivity index (χ1n) is 15.9. The van der Waals surface area contributed by atoms with Crippen molar-refractivity contribution in [1.82, 2.24) is 0 Å². The average Bonchev–Trinajstić information content (AvgIpc) is 3.12. The van der Waals surface area contributed by atoms with Gasteiger partial charge in [0.1, 0.15) is 0 Å². The summed E-state index contributed by atoms with van der Waals surface area (Å²) in [7, 11) is 0. The minimum Gasteiger partial charge on any atom is -0.335 e. The summed E-state index contributed by atoms with van der Waals surface area (Å²) in [6.45, 7) is 5.39. The predicted molar refractivity (Wildman–Crippen MR) is 184 cm³/mol. The number of benzene rings is 5. The first-order chi connectivity index (χ1) is 21.1. The summed E-state index contributed by atoms with van der Waals surface area (Å²) in [5.74, 6) is 0. The summed E-state index contributed by atoms with van der Waals surface area (Å²) >= 11 is 1.95. The molecule has 0 spiro atoms. The van der Waals surface area contributed by atoms with Crippen LogP contribution in [0.4, 0.5) is 28.4 Å². The molecule has 0 radical (unpaired) electrons. The van der Waals surface area contributed by atoms with E-state index in [2.05, 4.69) is 139 Å². The van der Waals surface area contributed by atoms with Crippen molar-refractivity contribution in [3.63, 3.8) is 0 Å². The molecule has 2 atom stereocenters. The molecular formula is C39H35BN2S. The molecular weight excluding hydrogens is 539 g/mol. The number of anilines is 5. The monoisotopic (exact) mass is 574 g/mol. The van der Waals surface area contributed by atoms with Gasteiger partial charge in [-0.3, -0.25) is 0 Å². The molecule has 1 fully saturated rings. The third kappa shape index (κ3) is 3.45. The second-order valence-corrected chi connectivity index (χ2v) is 14.3.